The molecule has 5 nitrogen and oxygen atoms in total. The van der Waals surface area contributed by atoms with Gasteiger partial charge in [0, 0.05) is 5.56 Å². The van der Waals surface area contributed by atoms with Crippen molar-refractivity contribution in [1.82, 2.24) is 0 Å². The van der Waals surface area contributed by atoms with E-state index >= 15 is 0 Å². The van der Waals surface area contributed by atoms with Crippen molar-refractivity contribution in [2.75, 3.05) is 33.5 Å². The molecular formula is C12H17NO4S. The second-order valence-corrected chi connectivity index (χ2v) is 3.85. The molecular weight excluding hydrogens is 254 g/mol. The van der Waals surface area contributed by atoms with Crippen LogP contribution >= 0.6 is 12.2 Å². The number of thiocarbonyl (C=S) groups is 1. The first-order chi connectivity index (χ1) is 8.69. The van der Waals surface area contributed by atoms with E-state index in [0.29, 0.717) is 36.3 Å². The quantitative estimate of drug-likeness (QED) is 0.536. The van der Waals surface area contributed by atoms with E-state index < -0.39 is 0 Å². The normalized spacial score (nSPS) is 10.1. The number of methoxy groups -OCH3 is 1. The number of benzene rings is 1. The lowest BCUT2D eigenvalue weighted by Gasteiger charge is -2.11. The van der Waals surface area contributed by atoms with Gasteiger partial charge in [0.05, 0.1) is 26.9 Å². The van der Waals surface area contributed by atoms with E-state index in [0.717, 1.165) is 5.56 Å². The number of hydrogen-bond donors (Lipinski definition) is 2. The maximum atomic E-state index is 8.54. The molecule has 0 unspecified atom stereocenters. The fourth-order valence-corrected chi connectivity index (χ4v) is 1.44. The summed E-state index contributed by atoms with van der Waals surface area (Å²) in [5.74, 6) is 1.17. The lowest BCUT2D eigenvalue weighted by molar-refractivity contribution is 0.0699. The first-order valence-corrected chi connectivity index (χ1v) is 5.89. The van der Waals surface area contributed by atoms with Gasteiger partial charge in [-0.1, -0.05) is 12.2 Å². The molecule has 0 amide bonds. The summed E-state index contributed by atoms with van der Waals surface area (Å²) in [6, 6.07) is 5.25. The number of hydrogen-bond acceptors (Lipinski definition) is 5. The SMILES string of the molecule is COc1cc(C(N)=S)ccc1OCCOCCO. The van der Waals surface area contributed by atoms with E-state index in [4.69, 9.17) is 37.3 Å². The molecule has 1 aromatic carbocycles. The summed E-state index contributed by atoms with van der Waals surface area (Å²) in [4.78, 5) is 0.311. The molecule has 18 heavy (non-hydrogen) atoms. The van der Waals surface area contributed by atoms with Crippen molar-refractivity contribution in [2.45, 2.75) is 0 Å². The first kappa shape index (κ1) is 14.7. The summed E-state index contributed by atoms with van der Waals surface area (Å²) in [5.41, 5.74) is 6.26. The molecule has 6 heteroatoms. The maximum Gasteiger partial charge on any atom is 0.161 e. The van der Waals surface area contributed by atoms with Crippen LogP contribution in [0.15, 0.2) is 18.2 Å². The largest absolute Gasteiger partial charge is 0.493 e. The summed E-state index contributed by atoms with van der Waals surface area (Å²) >= 11 is 4.89. The third-order valence-electron chi connectivity index (χ3n) is 2.17. The Morgan fingerprint density at radius 3 is 2.67 bits per heavy atom. The second-order valence-electron chi connectivity index (χ2n) is 3.41. The average Bonchev–Trinajstić information content (AvgIpc) is 2.38. The standard InChI is InChI=1S/C12H17NO4S/c1-15-11-8-9(12(13)18)2-3-10(11)17-7-6-16-5-4-14/h2-3,8,14H,4-7H2,1H3,(H2,13,18). The highest BCUT2D eigenvalue weighted by Gasteiger charge is 2.07. The van der Waals surface area contributed by atoms with Gasteiger partial charge < -0.3 is 25.1 Å². The third kappa shape index (κ3) is 4.48. The van der Waals surface area contributed by atoms with Gasteiger partial charge in [-0.05, 0) is 18.2 Å². The van der Waals surface area contributed by atoms with Crippen LogP contribution in [0, 0.1) is 0 Å². The van der Waals surface area contributed by atoms with Gasteiger partial charge in [0.25, 0.3) is 0 Å². The lowest BCUT2D eigenvalue weighted by Crippen LogP contribution is -2.11. The van der Waals surface area contributed by atoms with Gasteiger partial charge in [-0.25, -0.2) is 0 Å². The molecule has 0 saturated heterocycles. The number of aliphatic hydroxyl groups excluding tert-OH is 1. The predicted octanol–water partition coefficient (Wildman–Crippen LogP) is 0.717. The first-order valence-electron chi connectivity index (χ1n) is 5.48. The number of aliphatic hydroxyl groups is 1. The third-order valence-corrected chi connectivity index (χ3v) is 2.40. The van der Waals surface area contributed by atoms with Gasteiger partial charge >= 0.3 is 0 Å². The smallest absolute Gasteiger partial charge is 0.161 e. The summed E-state index contributed by atoms with van der Waals surface area (Å²) in [6.45, 7) is 1.09. The molecule has 0 heterocycles. The van der Waals surface area contributed by atoms with Crippen LogP contribution in [0.25, 0.3) is 0 Å². The molecule has 1 rings (SSSR count). The van der Waals surface area contributed by atoms with Gasteiger partial charge in [0.2, 0.25) is 0 Å². The molecule has 0 bridgehead atoms. The summed E-state index contributed by atoms with van der Waals surface area (Å²) < 4.78 is 15.8. The van der Waals surface area contributed by atoms with E-state index in [1.165, 1.54) is 0 Å². The number of ether oxygens (including phenoxy) is 3. The van der Waals surface area contributed by atoms with Crippen molar-refractivity contribution >= 4 is 17.2 Å². The number of rotatable bonds is 8. The summed E-state index contributed by atoms with van der Waals surface area (Å²) in [6.07, 6.45) is 0. The zero-order chi connectivity index (χ0) is 13.4. The summed E-state index contributed by atoms with van der Waals surface area (Å²) in [5, 5.41) is 8.54. The van der Waals surface area contributed by atoms with E-state index in [2.05, 4.69) is 0 Å². The molecule has 100 valence electrons. The van der Waals surface area contributed by atoms with Crippen LogP contribution in [-0.4, -0.2) is 43.6 Å². The zero-order valence-electron chi connectivity index (χ0n) is 10.2. The molecule has 0 aliphatic rings. The molecule has 0 spiro atoms. The van der Waals surface area contributed by atoms with Gasteiger partial charge in [-0.3, -0.25) is 0 Å². The van der Waals surface area contributed by atoms with Crippen LogP contribution in [0.4, 0.5) is 0 Å². The molecule has 0 saturated carbocycles. The van der Waals surface area contributed by atoms with Crippen LogP contribution in [0.5, 0.6) is 11.5 Å². The Morgan fingerprint density at radius 1 is 1.28 bits per heavy atom. The van der Waals surface area contributed by atoms with Crippen LogP contribution in [0.3, 0.4) is 0 Å². The Kier molecular flexibility index (Phi) is 6.42. The Balaban J connectivity index is 2.57. The summed E-state index contributed by atoms with van der Waals surface area (Å²) in [7, 11) is 1.55. The number of nitrogens with two attached hydrogens (primary N) is 1. The van der Waals surface area contributed by atoms with E-state index in [-0.39, 0.29) is 6.61 Å². The van der Waals surface area contributed by atoms with Crippen molar-refractivity contribution in [3.8, 4) is 11.5 Å². The van der Waals surface area contributed by atoms with Crippen molar-refractivity contribution < 1.29 is 19.3 Å². The van der Waals surface area contributed by atoms with E-state index in [9.17, 15) is 0 Å². The van der Waals surface area contributed by atoms with Gasteiger partial charge in [0.1, 0.15) is 11.6 Å². The van der Waals surface area contributed by atoms with E-state index in [1.54, 1.807) is 25.3 Å². The van der Waals surface area contributed by atoms with Crippen molar-refractivity contribution in [1.29, 1.82) is 0 Å². The Hall–Kier alpha value is -1.37. The molecule has 0 atom stereocenters. The van der Waals surface area contributed by atoms with E-state index in [1.807, 2.05) is 0 Å². The second kappa shape index (κ2) is 7.86. The molecule has 0 fully saturated rings. The van der Waals surface area contributed by atoms with Gasteiger partial charge in [-0.15, -0.1) is 0 Å². The molecule has 0 aliphatic carbocycles. The molecule has 0 radical (unpaired) electrons. The van der Waals surface area contributed by atoms with Crippen molar-refractivity contribution in [3.63, 3.8) is 0 Å². The van der Waals surface area contributed by atoms with Crippen LogP contribution in [-0.2, 0) is 4.74 Å². The molecule has 0 aromatic heterocycles. The van der Waals surface area contributed by atoms with Crippen LogP contribution < -0.4 is 15.2 Å². The highest BCUT2D eigenvalue weighted by atomic mass is 32.1. The molecule has 1 aromatic rings. The highest BCUT2D eigenvalue weighted by Crippen LogP contribution is 2.27. The molecule has 3 N–H and O–H groups in total. The topological polar surface area (TPSA) is 73.9 Å². The minimum atomic E-state index is 0.00592. The fourth-order valence-electron chi connectivity index (χ4n) is 1.32. The van der Waals surface area contributed by atoms with Crippen LogP contribution in [0.2, 0.25) is 0 Å². The van der Waals surface area contributed by atoms with Crippen molar-refractivity contribution in [3.05, 3.63) is 23.8 Å². The highest BCUT2D eigenvalue weighted by molar-refractivity contribution is 7.80. The zero-order valence-corrected chi connectivity index (χ0v) is 11.0. The van der Waals surface area contributed by atoms with Crippen LogP contribution in [0.1, 0.15) is 5.56 Å². The predicted molar refractivity (Wildman–Crippen MR) is 72.3 cm³/mol. The minimum absolute atomic E-state index is 0.00592. The Labute approximate surface area is 111 Å². The maximum absolute atomic E-state index is 8.54. The average molecular weight is 271 g/mol. The Morgan fingerprint density at radius 2 is 2.06 bits per heavy atom. The lowest BCUT2D eigenvalue weighted by atomic mass is 10.2. The molecule has 0 aliphatic heterocycles. The fraction of sp³-hybridized carbons (Fsp3) is 0.417. The van der Waals surface area contributed by atoms with Gasteiger partial charge in [-0.2, -0.15) is 0 Å². The van der Waals surface area contributed by atoms with Gasteiger partial charge in [0.15, 0.2) is 11.5 Å². The minimum Gasteiger partial charge on any atom is -0.493 e. The van der Waals surface area contributed by atoms with Crippen molar-refractivity contribution in [2.24, 2.45) is 5.73 Å². The Bertz CT molecular complexity index is 398. The monoisotopic (exact) mass is 271 g/mol.